The van der Waals surface area contributed by atoms with Crippen molar-refractivity contribution in [3.63, 3.8) is 0 Å². The number of benzene rings is 2. The summed E-state index contributed by atoms with van der Waals surface area (Å²) in [7, 11) is 2.02. The average molecular weight is 376 g/mol. The number of amides is 1. The van der Waals surface area contributed by atoms with Gasteiger partial charge >= 0.3 is 0 Å². The molecule has 2 aromatic carbocycles. The molecule has 1 amide bonds. The third-order valence-electron chi connectivity index (χ3n) is 5.16. The van der Waals surface area contributed by atoms with Gasteiger partial charge in [0, 0.05) is 18.2 Å². The second kappa shape index (κ2) is 7.94. The van der Waals surface area contributed by atoms with E-state index in [1.807, 2.05) is 68.6 Å². The molecule has 2 heterocycles. The number of nitrogens with one attached hydrogen (secondary N) is 1. The van der Waals surface area contributed by atoms with Crippen molar-refractivity contribution >= 4 is 5.91 Å². The highest BCUT2D eigenvalue weighted by Gasteiger charge is 2.35. The molecule has 28 heavy (non-hydrogen) atoms. The zero-order chi connectivity index (χ0) is 19.5. The summed E-state index contributed by atoms with van der Waals surface area (Å²) in [4.78, 5) is 19.1. The van der Waals surface area contributed by atoms with Crippen LogP contribution in [0.5, 0.6) is 0 Å². The lowest BCUT2D eigenvalue weighted by molar-refractivity contribution is -0.121. The van der Waals surface area contributed by atoms with Crippen molar-refractivity contribution < 1.29 is 9.32 Å². The molecule has 1 aliphatic rings. The van der Waals surface area contributed by atoms with Gasteiger partial charge in [0.1, 0.15) is 0 Å². The van der Waals surface area contributed by atoms with E-state index in [2.05, 4.69) is 20.4 Å². The van der Waals surface area contributed by atoms with E-state index in [1.54, 1.807) is 0 Å². The molecule has 6 heteroatoms. The van der Waals surface area contributed by atoms with Crippen molar-refractivity contribution in [2.24, 2.45) is 0 Å². The summed E-state index contributed by atoms with van der Waals surface area (Å²) in [5.41, 5.74) is 3.15. The molecule has 1 aliphatic heterocycles. The molecule has 0 aliphatic carbocycles. The Labute approximate surface area is 164 Å². The molecule has 0 saturated carbocycles. The molecule has 3 aromatic rings. The van der Waals surface area contributed by atoms with E-state index in [-0.39, 0.29) is 18.0 Å². The van der Waals surface area contributed by atoms with Gasteiger partial charge in [0.05, 0.1) is 12.5 Å². The maximum absolute atomic E-state index is 12.4. The fourth-order valence-electron chi connectivity index (χ4n) is 3.64. The van der Waals surface area contributed by atoms with Gasteiger partial charge in [-0.3, -0.25) is 9.69 Å². The average Bonchev–Trinajstić information content (AvgIpc) is 3.30. The largest absolute Gasteiger partial charge is 0.352 e. The third kappa shape index (κ3) is 4.12. The standard InChI is InChI=1S/C22H24N4O2/c1-15-8-10-17(11-9-15)21-24-22(28-25-21)19-13-18(14-26(19)2)23-20(27)12-16-6-4-3-5-7-16/h3-11,18-19H,12-14H2,1-2H3,(H,23,27)/t18-,19-/m0/s1. The first-order valence-electron chi connectivity index (χ1n) is 9.52. The van der Waals surface area contributed by atoms with Crippen LogP contribution in [0, 0.1) is 6.92 Å². The molecule has 6 nitrogen and oxygen atoms in total. The number of carbonyl (C=O) groups excluding carboxylic acids is 1. The smallest absolute Gasteiger partial charge is 0.244 e. The summed E-state index contributed by atoms with van der Waals surface area (Å²) >= 11 is 0. The summed E-state index contributed by atoms with van der Waals surface area (Å²) < 4.78 is 5.54. The van der Waals surface area contributed by atoms with Crippen LogP contribution >= 0.6 is 0 Å². The van der Waals surface area contributed by atoms with Crippen LogP contribution in [0.25, 0.3) is 11.4 Å². The number of carbonyl (C=O) groups is 1. The first-order valence-corrected chi connectivity index (χ1v) is 9.52. The molecule has 0 bridgehead atoms. The Hall–Kier alpha value is -2.99. The van der Waals surface area contributed by atoms with Gasteiger partial charge in [-0.05, 0) is 26.0 Å². The van der Waals surface area contributed by atoms with Gasteiger partial charge in [-0.25, -0.2) is 0 Å². The van der Waals surface area contributed by atoms with Gasteiger partial charge in [-0.2, -0.15) is 4.98 Å². The molecule has 1 N–H and O–H groups in total. The van der Waals surface area contributed by atoms with Crippen molar-refractivity contribution in [3.8, 4) is 11.4 Å². The number of nitrogens with zero attached hydrogens (tertiary/aromatic N) is 3. The third-order valence-corrected chi connectivity index (χ3v) is 5.16. The van der Waals surface area contributed by atoms with E-state index < -0.39 is 0 Å². The molecular formula is C22H24N4O2. The van der Waals surface area contributed by atoms with E-state index in [9.17, 15) is 4.79 Å². The zero-order valence-electron chi connectivity index (χ0n) is 16.1. The molecule has 144 valence electrons. The molecule has 0 unspecified atom stereocenters. The highest BCUT2D eigenvalue weighted by atomic mass is 16.5. The minimum absolute atomic E-state index is 0.00808. The molecule has 1 saturated heterocycles. The van der Waals surface area contributed by atoms with Crippen LogP contribution in [-0.2, 0) is 11.2 Å². The number of hydrogen-bond acceptors (Lipinski definition) is 5. The van der Waals surface area contributed by atoms with E-state index in [4.69, 9.17) is 4.52 Å². The molecular weight excluding hydrogens is 352 g/mol. The Bertz CT molecular complexity index is 937. The zero-order valence-corrected chi connectivity index (χ0v) is 16.1. The van der Waals surface area contributed by atoms with Crippen LogP contribution < -0.4 is 5.32 Å². The van der Waals surface area contributed by atoms with Crippen LogP contribution in [0.3, 0.4) is 0 Å². The van der Waals surface area contributed by atoms with Crippen molar-refractivity contribution in [1.29, 1.82) is 0 Å². The van der Waals surface area contributed by atoms with E-state index in [0.717, 1.165) is 24.1 Å². The number of likely N-dealkylation sites (N-methyl/N-ethyl adjacent to an activating group) is 1. The number of aryl methyl sites for hydroxylation is 1. The summed E-state index contributed by atoms with van der Waals surface area (Å²) in [6, 6.07) is 17.9. The molecule has 0 radical (unpaired) electrons. The Morgan fingerprint density at radius 2 is 1.93 bits per heavy atom. The molecule has 2 atom stereocenters. The predicted molar refractivity (Wildman–Crippen MR) is 107 cm³/mol. The Balaban J connectivity index is 1.39. The van der Waals surface area contributed by atoms with E-state index >= 15 is 0 Å². The van der Waals surface area contributed by atoms with Crippen molar-refractivity contribution in [2.45, 2.75) is 31.8 Å². The van der Waals surface area contributed by atoms with Crippen molar-refractivity contribution in [3.05, 3.63) is 71.6 Å². The van der Waals surface area contributed by atoms with Gasteiger partial charge in [-0.1, -0.05) is 65.3 Å². The summed E-state index contributed by atoms with van der Waals surface area (Å²) in [5, 5.41) is 7.27. The van der Waals surface area contributed by atoms with Crippen LogP contribution in [0.4, 0.5) is 0 Å². The lowest BCUT2D eigenvalue weighted by Crippen LogP contribution is -2.37. The first kappa shape index (κ1) is 18.4. The highest BCUT2D eigenvalue weighted by Crippen LogP contribution is 2.31. The van der Waals surface area contributed by atoms with Gasteiger partial charge in [0.2, 0.25) is 17.6 Å². The summed E-state index contributed by atoms with van der Waals surface area (Å²) in [6.45, 7) is 2.80. The monoisotopic (exact) mass is 376 g/mol. The van der Waals surface area contributed by atoms with Gasteiger partial charge < -0.3 is 9.84 Å². The second-order valence-corrected chi connectivity index (χ2v) is 7.44. The maximum atomic E-state index is 12.4. The minimum atomic E-state index is 0.00808. The van der Waals surface area contributed by atoms with Crippen LogP contribution in [0.15, 0.2) is 59.1 Å². The first-order chi connectivity index (χ1) is 13.6. The Kier molecular flexibility index (Phi) is 5.21. The fraction of sp³-hybridized carbons (Fsp3) is 0.318. The molecule has 4 rings (SSSR count). The lowest BCUT2D eigenvalue weighted by atomic mass is 10.1. The normalized spacial score (nSPS) is 19.6. The molecule has 1 aromatic heterocycles. The number of aromatic nitrogens is 2. The number of hydrogen-bond donors (Lipinski definition) is 1. The maximum Gasteiger partial charge on any atom is 0.244 e. The minimum Gasteiger partial charge on any atom is -0.352 e. The van der Waals surface area contributed by atoms with Crippen LogP contribution in [0.2, 0.25) is 0 Å². The predicted octanol–water partition coefficient (Wildman–Crippen LogP) is 3.15. The quantitative estimate of drug-likeness (QED) is 0.741. The Morgan fingerprint density at radius 3 is 2.68 bits per heavy atom. The highest BCUT2D eigenvalue weighted by molar-refractivity contribution is 5.78. The summed E-state index contributed by atoms with van der Waals surface area (Å²) in [6.07, 6.45) is 1.15. The summed E-state index contributed by atoms with van der Waals surface area (Å²) in [5.74, 6) is 1.23. The Morgan fingerprint density at radius 1 is 1.18 bits per heavy atom. The van der Waals surface area contributed by atoms with E-state index in [1.165, 1.54) is 5.56 Å². The number of likely N-dealkylation sites (tertiary alicyclic amines) is 1. The lowest BCUT2D eigenvalue weighted by Gasteiger charge is -2.14. The second-order valence-electron chi connectivity index (χ2n) is 7.44. The van der Waals surface area contributed by atoms with Crippen LogP contribution in [-0.4, -0.2) is 40.6 Å². The molecule has 1 fully saturated rings. The van der Waals surface area contributed by atoms with Crippen molar-refractivity contribution in [2.75, 3.05) is 13.6 Å². The fourth-order valence-corrected chi connectivity index (χ4v) is 3.64. The van der Waals surface area contributed by atoms with Gasteiger partial charge in [0.15, 0.2) is 0 Å². The van der Waals surface area contributed by atoms with Gasteiger partial charge in [-0.15, -0.1) is 0 Å². The molecule has 0 spiro atoms. The van der Waals surface area contributed by atoms with Crippen molar-refractivity contribution in [1.82, 2.24) is 20.4 Å². The van der Waals surface area contributed by atoms with Gasteiger partial charge in [0.25, 0.3) is 0 Å². The SMILES string of the molecule is Cc1ccc(-c2noc([C@@H]3C[C@H](NC(=O)Cc4ccccc4)CN3C)n2)cc1. The van der Waals surface area contributed by atoms with E-state index in [0.29, 0.717) is 18.1 Å². The van der Waals surface area contributed by atoms with Crippen LogP contribution in [0.1, 0.15) is 29.5 Å². The number of rotatable bonds is 5. The topological polar surface area (TPSA) is 71.3 Å².